The summed E-state index contributed by atoms with van der Waals surface area (Å²) in [4.78, 5) is 26.4. The molecule has 2 unspecified atom stereocenters. The molecule has 0 saturated heterocycles. The van der Waals surface area contributed by atoms with Gasteiger partial charge in [-0.1, -0.05) is 0 Å². The highest BCUT2D eigenvalue weighted by molar-refractivity contribution is 7.92. The largest absolute Gasteiger partial charge is 0.506 e. The smallest absolute Gasteiger partial charge is 0.423 e. The topological polar surface area (TPSA) is 170 Å². The third kappa shape index (κ3) is 8.15. The van der Waals surface area contributed by atoms with E-state index in [4.69, 9.17) is 9.52 Å². The van der Waals surface area contributed by atoms with Crippen LogP contribution in [0.3, 0.4) is 0 Å². The van der Waals surface area contributed by atoms with E-state index in [0.717, 1.165) is 12.1 Å². The van der Waals surface area contributed by atoms with Crippen LogP contribution in [0, 0.1) is 4.78 Å². The van der Waals surface area contributed by atoms with Gasteiger partial charge in [0.25, 0.3) is 0 Å². The Balaban J connectivity index is 2.88. The van der Waals surface area contributed by atoms with Gasteiger partial charge in [0.2, 0.25) is 5.60 Å². The lowest BCUT2D eigenvalue weighted by Crippen LogP contribution is -2.45. The molecule has 0 aromatic carbocycles. The normalized spacial score (nSPS) is 17.0. The molecule has 5 N–H and O–H groups in total. The number of amides is 1. The number of aliphatic hydroxyl groups is 1. The maximum atomic E-state index is 13.5. The first-order valence-electron chi connectivity index (χ1n) is 9.27. The standard InChI is InChI=1S/C18H26F3N3O7S/c1-16(2,3)31-15(28)24-12(14(26)27)6-8-32(22,30)9-7-17(29,18(19,20)21)13-5-4-11(25)10-23-13/h4-5,10,12,22,25,29H,6-9H2,1-3H3,(H,24,28)(H,26,27)/t12-,17?,32?/m0/s1. The summed E-state index contributed by atoms with van der Waals surface area (Å²) in [5, 5.41) is 30.7. The lowest BCUT2D eigenvalue weighted by molar-refractivity contribution is -0.268. The van der Waals surface area contributed by atoms with Crippen LogP contribution in [0.25, 0.3) is 0 Å². The summed E-state index contributed by atoms with van der Waals surface area (Å²) in [7, 11) is -3.78. The van der Waals surface area contributed by atoms with E-state index in [1.54, 1.807) is 20.8 Å². The predicted octanol–water partition coefficient (Wildman–Crippen LogP) is 2.34. The van der Waals surface area contributed by atoms with Gasteiger partial charge in [0, 0.05) is 27.7 Å². The highest BCUT2D eigenvalue weighted by atomic mass is 32.2. The Morgan fingerprint density at radius 1 is 1.25 bits per heavy atom. The third-order valence-corrected chi connectivity index (χ3v) is 5.92. The number of carbonyl (C=O) groups is 2. The van der Waals surface area contributed by atoms with Crippen molar-refractivity contribution in [1.29, 1.82) is 4.78 Å². The lowest BCUT2D eigenvalue weighted by Gasteiger charge is -2.30. The Bertz CT molecular complexity index is 915. The number of carboxylic acids is 1. The van der Waals surface area contributed by atoms with Crippen LogP contribution in [0.5, 0.6) is 5.75 Å². The molecule has 14 heteroatoms. The molecular formula is C18H26F3N3O7S. The Labute approximate surface area is 182 Å². The van der Waals surface area contributed by atoms with Crippen LogP contribution in [0.1, 0.15) is 39.3 Å². The molecule has 1 aromatic rings. The highest BCUT2D eigenvalue weighted by Crippen LogP contribution is 2.41. The van der Waals surface area contributed by atoms with Crippen molar-refractivity contribution in [2.45, 2.75) is 57.0 Å². The van der Waals surface area contributed by atoms with Gasteiger partial charge in [-0.05, 0) is 39.3 Å². The fourth-order valence-electron chi connectivity index (χ4n) is 2.48. The van der Waals surface area contributed by atoms with E-state index in [1.165, 1.54) is 0 Å². The molecule has 32 heavy (non-hydrogen) atoms. The second kappa shape index (κ2) is 9.90. The molecule has 1 aromatic heterocycles. The number of hydrogen-bond acceptors (Lipinski definition) is 8. The van der Waals surface area contributed by atoms with Crippen molar-refractivity contribution in [3.05, 3.63) is 24.0 Å². The molecule has 0 radical (unpaired) electrons. The number of alkyl halides is 3. The molecule has 1 heterocycles. The number of aromatic nitrogens is 1. The van der Waals surface area contributed by atoms with Gasteiger partial charge < -0.3 is 25.4 Å². The van der Waals surface area contributed by atoms with Crippen molar-refractivity contribution < 1.29 is 47.0 Å². The van der Waals surface area contributed by atoms with Crippen LogP contribution in [-0.2, 0) is 24.9 Å². The number of nitrogens with one attached hydrogen (secondary N) is 2. The Morgan fingerprint density at radius 2 is 1.84 bits per heavy atom. The van der Waals surface area contributed by atoms with Gasteiger partial charge in [0.05, 0.1) is 11.9 Å². The SMILES string of the molecule is CC(C)(C)OC(=O)N[C@@H](CCS(=N)(=O)CCC(O)(c1ccc(O)cn1)C(F)(F)F)C(=O)O. The third-order valence-electron chi connectivity index (χ3n) is 4.16. The molecule has 0 bridgehead atoms. The van der Waals surface area contributed by atoms with Gasteiger partial charge in [0.15, 0.2) is 0 Å². The van der Waals surface area contributed by atoms with Crippen LogP contribution in [-0.4, -0.2) is 65.9 Å². The lowest BCUT2D eigenvalue weighted by atomic mass is 9.95. The minimum absolute atomic E-state index is 0.431. The molecule has 0 fully saturated rings. The van der Waals surface area contributed by atoms with Crippen LogP contribution < -0.4 is 5.32 Å². The number of rotatable bonds is 9. The number of carboxylic acid groups (broad SMARTS) is 1. The fraction of sp³-hybridized carbons (Fsp3) is 0.611. The molecule has 182 valence electrons. The molecule has 1 rings (SSSR count). The van der Waals surface area contributed by atoms with Crippen LogP contribution in [0.15, 0.2) is 18.3 Å². The number of ether oxygens (including phenoxy) is 1. The van der Waals surface area contributed by atoms with Crippen molar-refractivity contribution in [2.75, 3.05) is 11.5 Å². The maximum absolute atomic E-state index is 13.5. The average Bonchev–Trinajstić information content (AvgIpc) is 2.61. The number of aromatic hydroxyl groups is 1. The van der Waals surface area contributed by atoms with E-state index in [0.29, 0.717) is 6.20 Å². The number of pyridine rings is 1. The number of aliphatic carboxylic acids is 1. The molecule has 0 saturated carbocycles. The molecule has 0 aliphatic carbocycles. The van der Waals surface area contributed by atoms with Crippen molar-refractivity contribution in [3.63, 3.8) is 0 Å². The van der Waals surface area contributed by atoms with Gasteiger partial charge in [-0.15, -0.1) is 0 Å². The molecule has 3 atom stereocenters. The maximum Gasteiger partial charge on any atom is 0.423 e. The highest BCUT2D eigenvalue weighted by Gasteiger charge is 2.56. The summed E-state index contributed by atoms with van der Waals surface area (Å²) in [6.07, 6.45) is -7.29. The molecular weight excluding hydrogens is 459 g/mol. The minimum atomic E-state index is -5.23. The molecule has 0 aliphatic heterocycles. The fourth-order valence-corrected chi connectivity index (χ4v) is 3.92. The van der Waals surface area contributed by atoms with E-state index in [2.05, 4.69) is 4.98 Å². The Hall–Kier alpha value is -2.61. The average molecular weight is 485 g/mol. The van der Waals surface area contributed by atoms with E-state index >= 15 is 0 Å². The van der Waals surface area contributed by atoms with E-state index in [1.807, 2.05) is 5.32 Å². The zero-order valence-corrected chi connectivity index (χ0v) is 18.4. The van der Waals surface area contributed by atoms with Gasteiger partial charge >= 0.3 is 18.2 Å². The van der Waals surface area contributed by atoms with Crippen LogP contribution in [0.2, 0.25) is 0 Å². The van der Waals surface area contributed by atoms with Crippen LogP contribution in [0.4, 0.5) is 18.0 Å². The summed E-state index contributed by atoms with van der Waals surface area (Å²) >= 11 is 0. The molecule has 1 amide bonds. The summed E-state index contributed by atoms with van der Waals surface area (Å²) in [5.74, 6) is -3.52. The van der Waals surface area contributed by atoms with Crippen molar-refractivity contribution in [1.82, 2.24) is 10.3 Å². The van der Waals surface area contributed by atoms with E-state index in [9.17, 15) is 42.3 Å². The summed E-state index contributed by atoms with van der Waals surface area (Å²) < 4.78 is 65.8. The van der Waals surface area contributed by atoms with E-state index < -0.39 is 81.0 Å². The zero-order valence-electron chi connectivity index (χ0n) is 17.6. The number of hydrogen-bond donors (Lipinski definition) is 5. The molecule has 0 spiro atoms. The second-order valence-corrected chi connectivity index (χ2v) is 10.5. The van der Waals surface area contributed by atoms with E-state index in [-0.39, 0.29) is 0 Å². The van der Waals surface area contributed by atoms with Gasteiger partial charge in [-0.3, -0.25) is 9.76 Å². The minimum Gasteiger partial charge on any atom is -0.506 e. The second-order valence-electron chi connectivity index (χ2n) is 8.06. The first-order valence-corrected chi connectivity index (χ1v) is 11.2. The summed E-state index contributed by atoms with van der Waals surface area (Å²) in [5.41, 5.74) is -5.31. The summed E-state index contributed by atoms with van der Waals surface area (Å²) in [6.45, 7) is 4.64. The quantitative estimate of drug-likeness (QED) is 0.355. The van der Waals surface area contributed by atoms with Gasteiger partial charge in [-0.25, -0.2) is 13.8 Å². The molecule has 10 nitrogen and oxygen atoms in total. The first kappa shape index (κ1) is 27.4. The first-order chi connectivity index (χ1) is 14.4. The summed E-state index contributed by atoms with van der Waals surface area (Å²) in [6, 6.07) is 0.0488. The van der Waals surface area contributed by atoms with Crippen molar-refractivity contribution in [3.8, 4) is 5.75 Å². The Morgan fingerprint density at radius 3 is 2.28 bits per heavy atom. The predicted molar refractivity (Wildman–Crippen MR) is 106 cm³/mol. The number of alkyl carbamates (subject to hydrolysis) is 1. The number of nitrogens with zero attached hydrogens (tertiary/aromatic N) is 1. The Kier molecular flexibility index (Phi) is 8.48. The number of carbonyl (C=O) groups excluding carboxylic acids is 1. The molecule has 0 aliphatic rings. The van der Waals surface area contributed by atoms with Gasteiger partial charge in [-0.2, -0.15) is 13.2 Å². The van der Waals surface area contributed by atoms with Crippen molar-refractivity contribution >= 4 is 21.8 Å². The van der Waals surface area contributed by atoms with Gasteiger partial charge in [0.1, 0.15) is 17.4 Å². The monoisotopic (exact) mass is 485 g/mol. The van der Waals surface area contributed by atoms with Crippen molar-refractivity contribution in [2.24, 2.45) is 0 Å². The zero-order chi connectivity index (χ0) is 25.0. The van der Waals surface area contributed by atoms with Crippen LogP contribution >= 0.6 is 0 Å². The number of halogens is 3.